The second-order valence-electron chi connectivity index (χ2n) is 5.63. The Hall–Kier alpha value is -2.79. The summed E-state index contributed by atoms with van der Waals surface area (Å²) in [5.74, 6) is -1.54. The molecule has 1 aromatic heterocycles. The van der Waals surface area contributed by atoms with E-state index < -0.39 is 29.3 Å². The van der Waals surface area contributed by atoms with E-state index in [2.05, 4.69) is 9.89 Å². The molecular weight excluding hydrogens is 415 g/mol. The highest BCUT2D eigenvalue weighted by Gasteiger charge is 2.17. The summed E-state index contributed by atoms with van der Waals surface area (Å²) in [6.45, 7) is 1.42. The van der Waals surface area contributed by atoms with Gasteiger partial charge in [-0.1, -0.05) is 16.8 Å². The van der Waals surface area contributed by atoms with E-state index in [1.807, 2.05) is 0 Å². The highest BCUT2D eigenvalue weighted by Crippen LogP contribution is 2.21. The Balaban J connectivity index is 2.57. The summed E-state index contributed by atoms with van der Waals surface area (Å²) >= 11 is 11.0. The van der Waals surface area contributed by atoms with E-state index in [0.717, 1.165) is 27.5 Å². The highest BCUT2D eigenvalue weighted by molar-refractivity contribution is 7.71. The smallest absolute Gasteiger partial charge is 0.349 e. The minimum absolute atomic E-state index is 0.0207. The van der Waals surface area contributed by atoms with Crippen molar-refractivity contribution in [2.75, 3.05) is 7.11 Å². The van der Waals surface area contributed by atoms with E-state index in [-0.39, 0.29) is 21.0 Å². The van der Waals surface area contributed by atoms with Gasteiger partial charge in [-0.3, -0.25) is 9.13 Å². The molecule has 1 atom stereocenters. The fraction of sp³-hybridized carbons (Fsp3) is 0.312. The van der Waals surface area contributed by atoms with E-state index in [9.17, 15) is 18.8 Å². The van der Waals surface area contributed by atoms with Crippen molar-refractivity contribution in [2.45, 2.75) is 13.0 Å². The van der Waals surface area contributed by atoms with Gasteiger partial charge in [0.15, 0.2) is 4.77 Å². The van der Waals surface area contributed by atoms with Gasteiger partial charge in [-0.25, -0.2) is 23.3 Å². The van der Waals surface area contributed by atoms with Crippen LogP contribution in [-0.2, 0) is 28.5 Å². The first-order chi connectivity index (χ1) is 13.1. The van der Waals surface area contributed by atoms with Gasteiger partial charge in [0.05, 0.1) is 24.0 Å². The molecule has 0 aliphatic heterocycles. The van der Waals surface area contributed by atoms with Crippen LogP contribution in [0, 0.1) is 10.6 Å². The molecule has 0 bridgehead atoms. The molecule has 0 aliphatic carbocycles. The van der Waals surface area contributed by atoms with Crippen LogP contribution in [-0.4, -0.2) is 39.1 Å². The molecule has 0 saturated heterocycles. The molecule has 0 fully saturated rings. The number of carbonyl (C=O) groups excluding carboxylic acids is 1. The SMILES string of the molecule is COC(=O)[C@H](C)O/N=C/c1cc(-n2c(=O)n(C)c(=S)n(C)c2=O)c(F)cc1Cl. The summed E-state index contributed by atoms with van der Waals surface area (Å²) in [6.07, 6.45) is 0.135. The fourth-order valence-corrected chi connectivity index (χ4v) is 2.54. The number of oxime groups is 1. The summed E-state index contributed by atoms with van der Waals surface area (Å²) in [4.78, 5) is 41.1. The molecule has 0 N–H and O–H groups in total. The number of methoxy groups -OCH3 is 1. The van der Waals surface area contributed by atoms with E-state index in [1.54, 1.807) is 0 Å². The molecule has 28 heavy (non-hydrogen) atoms. The van der Waals surface area contributed by atoms with Crippen molar-refractivity contribution in [1.82, 2.24) is 13.7 Å². The molecule has 150 valence electrons. The van der Waals surface area contributed by atoms with Crippen LogP contribution < -0.4 is 11.4 Å². The summed E-state index contributed by atoms with van der Waals surface area (Å²) in [6, 6.07) is 2.08. The minimum atomic E-state index is -0.978. The molecule has 1 aromatic carbocycles. The van der Waals surface area contributed by atoms with Gasteiger partial charge in [0.1, 0.15) is 5.82 Å². The molecule has 9 nitrogen and oxygen atoms in total. The van der Waals surface area contributed by atoms with E-state index in [4.69, 9.17) is 28.7 Å². The van der Waals surface area contributed by atoms with Crippen molar-refractivity contribution >= 4 is 36.0 Å². The van der Waals surface area contributed by atoms with Gasteiger partial charge in [0, 0.05) is 19.7 Å². The molecule has 0 saturated carbocycles. The third-order valence-corrected chi connectivity index (χ3v) is 4.66. The third kappa shape index (κ3) is 4.04. The van der Waals surface area contributed by atoms with Gasteiger partial charge in [-0.05, 0) is 31.3 Å². The number of halogens is 2. The molecule has 0 amide bonds. The van der Waals surface area contributed by atoms with Crippen LogP contribution in [0.1, 0.15) is 12.5 Å². The Kier molecular flexibility index (Phi) is 6.52. The first kappa shape index (κ1) is 21.5. The zero-order chi connectivity index (χ0) is 21.2. The van der Waals surface area contributed by atoms with E-state index >= 15 is 0 Å². The molecule has 0 aliphatic rings. The number of hydrogen-bond donors (Lipinski definition) is 0. The molecule has 12 heteroatoms. The normalized spacial score (nSPS) is 12.2. The van der Waals surface area contributed by atoms with Gasteiger partial charge in [-0.15, -0.1) is 0 Å². The average Bonchev–Trinajstić information content (AvgIpc) is 2.66. The van der Waals surface area contributed by atoms with Crippen LogP contribution in [0.4, 0.5) is 4.39 Å². The van der Waals surface area contributed by atoms with Crippen LogP contribution in [0.3, 0.4) is 0 Å². The van der Waals surface area contributed by atoms with Crippen molar-refractivity contribution in [3.63, 3.8) is 0 Å². The Morgan fingerprint density at radius 3 is 2.39 bits per heavy atom. The van der Waals surface area contributed by atoms with Gasteiger partial charge in [0.2, 0.25) is 6.10 Å². The van der Waals surface area contributed by atoms with Crippen LogP contribution in [0.15, 0.2) is 26.9 Å². The van der Waals surface area contributed by atoms with E-state index in [1.165, 1.54) is 28.1 Å². The summed E-state index contributed by atoms with van der Waals surface area (Å²) < 4.78 is 21.6. The number of ether oxygens (including phenoxy) is 1. The Bertz CT molecular complexity index is 1100. The molecular formula is C16H16ClFN4O5S. The number of benzene rings is 1. The maximum Gasteiger partial charge on any atom is 0.349 e. The molecule has 2 aromatic rings. The van der Waals surface area contributed by atoms with Gasteiger partial charge >= 0.3 is 17.3 Å². The quantitative estimate of drug-likeness (QED) is 0.307. The lowest BCUT2D eigenvalue weighted by Crippen LogP contribution is -2.43. The number of rotatable bonds is 5. The lowest BCUT2D eigenvalue weighted by atomic mass is 10.2. The maximum atomic E-state index is 14.5. The van der Waals surface area contributed by atoms with Gasteiger partial charge in [0.25, 0.3) is 0 Å². The molecule has 0 radical (unpaired) electrons. The zero-order valence-corrected chi connectivity index (χ0v) is 16.9. The van der Waals surface area contributed by atoms with Crippen LogP contribution in [0.5, 0.6) is 0 Å². The van der Waals surface area contributed by atoms with Crippen molar-refractivity contribution in [1.29, 1.82) is 0 Å². The van der Waals surface area contributed by atoms with Crippen molar-refractivity contribution in [3.05, 3.63) is 54.3 Å². The molecule has 0 spiro atoms. The van der Waals surface area contributed by atoms with E-state index in [0.29, 0.717) is 4.57 Å². The first-order valence-corrected chi connectivity index (χ1v) is 8.54. The van der Waals surface area contributed by atoms with Gasteiger partial charge in [-0.2, -0.15) is 0 Å². The number of aromatic nitrogens is 3. The largest absolute Gasteiger partial charge is 0.466 e. The highest BCUT2D eigenvalue weighted by atomic mass is 35.5. The first-order valence-electron chi connectivity index (χ1n) is 7.75. The summed E-state index contributed by atoms with van der Waals surface area (Å²) in [7, 11) is 3.92. The molecule has 2 rings (SSSR count). The second-order valence-corrected chi connectivity index (χ2v) is 6.40. The van der Waals surface area contributed by atoms with Crippen molar-refractivity contribution in [3.8, 4) is 5.69 Å². The molecule has 0 unspecified atom stereocenters. The lowest BCUT2D eigenvalue weighted by molar-refractivity contribution is -0.152. The number of esters is 1. The summed E-state index contributed by atoms with van der Waals surface area (Å²) in [5.41, 5.74) is -1.85. The van der Waals surface area contributed by atoms with Crippen molar-refractivity contribution in [2.24, 2.45) is 19.3 Å². The minimum Gasteiger partial charge on any atom is -0.466 e. The lowest BCUT2D eigenvalue weighted by Gasteiger charge is -2.12. The Morgan fingerprint density at radius 2 is 1.86 bits per heavy atom. The Morgan fingerprint density at radius 1 is 1.29 bits per heavy atom. The second kappa shape index (κ2) is 8.48. The number of hydrogen-bond acceptors (Lipinski definition) is 7. The van der Waals surface area contributed by atoms with Crippen LogP contribution in [0.25, 0.3) is 5.69 Å². The van der Waals surface area contributed by atoms with Crippen LogP contribution >= 0.6 is 23.8 Å². The van der Waals surface area contributed by atoms with Crippen LogP contribution in [0.2, 0.25) is 5.02 Å². The Labute approximate surface area is 168 Å². The monoisotopic (exact) mass is 430 g/mol. The maximum absolute atomic E-state index is 14.5. The molecule has 1 heterocycles. The average molecular weight is 431 g/mol. The third-order valence-electron chi connectivity index (χ3n) is 3.78. The van der Waals surface area contributed by atoms with Gasteiger partial charge < -0.3 is 9.57 Å². The fourth-order valence-electron chi connectivity index (χ4n) is 2.19. The predicted octanol–water partition coefficient (Wildman–Crippen LogP) is 1.31. The number of nitrogens with zero attached hydrogens (tertiary/aromatic N) is 4. The zero-order valence-electron chi connectivity index (χ0n) is 15.3. The number of carbonyl (C=O) groups is 1. The standard InChI is InChI=1S/C16H16ClFN4O5S/c1-8(13(23)26-4)27-19-7-9-5-12(11(18)6-10(9)17)22-14(24)20(2)16(28)21(3)15(22)25/h5-8H,1-4H3/b19-7+/t8-/m0/s1. The predicted molar refractivity (Wildman–Crippen MR) is 102 cm³/mol. The topological polar surface area (TPSA) is 96.8 Å². The van der Waals surface area contributed by atoms with Crippen molar-refractivity contribution < 1.29 is 18.8 Å². The summed E-state index contributed by atoms with van der Waals surface area (Å²) in [5, 5.41) is 3.56.